The van der Waals surface area contributed by atoms with Crippen LogP contribution in [0.15, 0.2) is 42.6 Å². The van der Waals surface area contributed by atoms with E-state index in [2.05, 4.69) is 4.98 Å². The van der Waals surface area contributed by atoms with Gasteiger partial charge in [-0.25, -0.2) is 4.39 Å². The highest BCUT2D eigenvalue weighted by Gasteiger charge is 2.05. The summed E-state index contributed by atoms with van der Waals surface area (Å²) in [6, 6.07) is 10.2. The molecule has 0 saturated carbocycles. The molecule has 1 heterocycles. The number of benzene rings is 1. The number of hydrogen-bond acceptors (Lipinski definition) is 3. The molecule has 0 fully saturated rings. The Hall–Kier alpha value is -2.27. The molecule has 5 heteroatoms. The molecule has 2 aromatic rings. The van der Waals surface area contributed by atoms with Crippen LogP contribution < -0.4 is 5.73 Å². The van der Waals surface area contributed by atoms with Gasteiger partial charge < -0.3 is 10.5 Å². The maximum Gasteiger partial charge on any atom is 0.129 e. The molecule has 1 aromatic carbocycles. The van der Waals surface area contributed by atoms with Gasteiger partial charge in [-0.3, -0.25) is 10.4 Å². The number of aromatic nitrogens is 1. The summed E-state index contributed by atoms with van der Waals surface area (Å²) in [4.78, 5) is 4.18. The number of nitrogen functional groups attached to an aromatic ring is 1. The van der Waals surface area contributed by atoms with Crippen molar-refractivity contribution >= 4 is 5.84 Å². The number of hydrogen-bond donors (Lipinski definition) is 2. The lowest BCUT2D eigenvalue weighted by molar-refractivity contribution is 0.121. The molecule has 3 N–H and O–H groups in total. The summed E-state index contributed by atoms with van der Waals surface area (Å²) in [5.74, 6) is -0.554. The van der Waals surface area contributed by atoms with E-state index in [0.29, 0.717) is 24.2 Å². The molecule has 0 amide bonds. The largest absolute Gasteiger partial charge is 0.384 e. The van der Waals surface area contributed by atoms with E-state index in [4.69, 9.17) is 15.9 Å². The van der Waals surface area contributed by atoms with E-state index in [1.165, 1.54) is 6.07 Å². The van der Waals surface area contributed by atoms with Crippen molar-refractivity contribution in [3.63, 3.8) is 0 Å². The molecule has 20 heavy (non-hydrogen) atoms. The zero-order valence-electron chi connectivity index (χ0n) is 11.0. The molecule has 0 atom stereocenters. The van der Waals surface area contributed by atoms with E-state index in [0.717, 1.165) is 5.69 Å². The smallest absolute Gasteiger partial charge is 0.129 e. The SMILES string of the molecule is N=C(N)c1ccc(COCCc2ccccn2)c(F)c1. The lowest BCUT2D eigenvalue weighted by Gasteiger charge is -2.07. The van der Waals surface area contributed by atoms with Crippen LogP contribution in [-0.4, -0.2) is 17.4 Å². The minimum atomic E-state index is -0.407. The predicted molar refractivity (Wildman–Crippen MR) is 75.0 cm³/mol. The first kappa shape index (κ1) is 14.1. The predicted octanol–water partition coefficient (Wildman–Crippen LogP) is 2.26. The molecule has 0 unspecified atom stereocenters. The summed E-state index contributed by atoms with van der Waals surface area (Å²) >= 11 is 0. The van der Waals surface area contributed by atoms with Gasteiger partial charge in [0.25, 0.3) is 0 Å². The Balaban J connectivity index is 1.84. The third kappa shape index (κ3) is 3.86. The molecular formula is C15H16FN3O. The summed E-state index contributed by atoms with van der Waals surface area (Å²) < 4.78 is 19.2. The van der Waals surface area contributed by atoms with Gasteiger partial charge in [0.05, 0.1) is 13.2 Å². The highest BCUT2D eigenvalue weighted by atomic mass is 19.1. The van der Waals surface area contributed by atoms with Crippen molar-refractivity contribution in [1.82, 2.24) is 4.98 Å². The Kier molecular flexibility index (Phi) is 4.79. The van der Waals surface area contributed by atoms with Crippen molar-refractivity contribution in [2.45, 2.75) is 13.0 Å². The molecule has 0 bridgehead atoms. The van der Waals surface area contributed by atoms with Crippen LogP contribution in [0, 0.1) is 11.2 Å². The van der Waals surface area contributed by atoms with E-state index in [9.17, 15) is 4.39 Å². The van der Waals surface area contributed by atoms with Crippen LogP contribution in [0.3, 0.4) is 0 Å². The fraction of sp³-hybridized carbons (Fsp3) is 0.200. The average molecular weight is 273 g/mol. The van der Waals surface area contributed by atoms with Gasteiger partial charge in [-0.2, -0.15) is 0 Å². The molecule has 2 rings (SSSR count). The van der Waals surface area contributed by atoms with Crippen LogP contribution in [0.25, 0.3) is 0 Å². The van der Waals surface area contributed by atoms with Crippen LogP contribution >= 0.6 is 0 Å². The average Bonchev–Trinajstić information content (AvgIpc) is 2.46. The van der Waals surface area contributed by atoms with E-state index >= 15 is 0 Å². The maximum absolute atomic E-state index is 13.7. The standard InChI is InChI=1S/C15H16FN3O/c16-14-9-11(15(17)18)4-5-12(14)10-20-8-6-13-3-1-2-7-19-13/h1-5,7,9H,6,8,10H2,(H3,17,18). The fourth-order valence-corrected chi connectivity index (χ4v) is 1.74. The van der Waals surface area contributed by atoms with Crippen LogP contribution in [0.5, 0.6) is 0 Å². The molecule has 0 saturated heterocycles. The Morgan fingerprint density at radius 2 is 2.15 bits per heavy atom. The van der Waals surface area contributed by atoms with Gasteiger partial charge in [-0.15, -0.1) is 0 Å². The third-order valence-corrected chi connectivity index (χ3v) is 2.85. The minimum absolute atomic E-state index is 0.147. The number of nitrogens with two attached hydrogens (primary N) is 1. The Labute approximate surface area is 116 Å². The van der Waals surface area contributed by atoms with Crippen LogP contribution in [0.2, 0.25) is 0 Å². The first-order chi connectivity index (χ1) is 9.66. The molecule has 0 aliphatic carbocycles. The number of halogens is 1. The van der Waals surface area contributed by atoms with Gasteiger partial charge in [0, 0.05) is 29.4 Å². The van der Waals surface area contributed by atoms with E-state index < -0.39 is 5.82 Å². The number of ether oxygens (including phenoxy) is 1. The van der Waals surface area contributed by atoms with Crippen molar-refractivity contribution in [2.24, 2.45) is 5.73 Å². The highest BCUT2D eigenvalue weighted by molar-refractivity contribution is 5.94. The normalized spacial score (nSPS) is 10.4. The second-order valence-corrected chi connectivity index (χ2v) is 4.34. The molecule has 0 radical (unpaired) electrons. The summed E-state index contributed by atoms with van der Waals surface area (Å²) in [5, 5.41) is 7.24. The van der Waals surface area contributed by atoms with E-state index in [1.54, 1.807) is 18.3 Å². The Morgan fingerprint density at radius 3 is 2.80 bits per heavy atom. The van der Waals surface area contributed by atoms with Crippen molar-refractivity contribution in [2.75, 3.05) is 6.61 Å². The third-order valence-electron chi connectivity index (χ3n) is 2.85. The van der Waals surface area contributed by atoms with Crippen molar-refractivity contribution in [1.29, 1.82) is 5.41 Å². The molecule has 4 nitrogen and oxygen atoms in total. The summed E-state index contributed by atoms with van der Waals surface area (Å²) in [6.45, 7) is 0.668. The Bertz CT molecular complexity index is 587. The van der Waals surface area contributed by atoms with Gasteiger partial charge in [-0.1, -0.05) is 18.2 Å². The first-order valence-corrected chi connectivity index (χ1v) is 6.27. The van der Waals surface area contributed by atoms with Gasteiger partial charge in [0.2, 0.25) is 0 Å². The molecule has 104 valence electrons. The molecule has 0 spiro atoms. The lowest BCUT2D eigenvalue weighted by atomic mass is 10.1. The zero-order chi connectivity index (χ0) is 14.4. The van der Waals surface area contributed by atoms with Crippen LogP contribution in [0.4, 0.5) is 4.39 Å². The number of amidine groups is 1. The van der Waals surface area contributed by atoms with E-state index in [-0.39, 0.29) is 12.4 Å². The van der Waals surface area contributed by atoms with Crippen LogP contribution in [-0.2, 0) is 17.8 Å². The van der Waals surface area contributed by atoms with Crippen molar-refractivity contribution in [3.8, 4) is 0 Å². The fourth-order valence-electron chi connectivity index (χ4n) is 1.74. The summed E-state index contributed by atoms with van der Waals surface area (Å²) in [6.07, 6.45) is 2.42. The maximum atomic E-state index is 13.7. The molecule has 0 aliphatic rings. The van der Waals surface area contributed by atoms with Gasteiger partial charge in [-0.05, 0) is 18.2 Å². The van der Waals surface area contributed by atoms with Gasteiger partial charge in [0.1, 0.15) is 11.7 Å². The van der Waals surface area contributed by atoms with Crippen molar-refractivity contribution < 1.29 is 9.13 Å². The first-order valence-electron chi connectivity index (χ1n) is 6.27. The summed E-state index contributed by atoms with van der Waals surface area (Å²) in [7, 11) is 0. The second kappa shape index (κ2) is 6.77. The molecule has 0 aliphatic heterocycles. The lowest BCUT2D eigenvalue weighted by Crippen LogP contribution is -2.11. The number of rotatable bonds is 6. The topological polar surface area (TPSA) is 72.0 Å². The Morgan fingerprint density at radius 1 is 1.30 bits per heavy atom. The van der Waals surface area contributed by atoms with Crippen LogP contribution in [0.1, 0.15) is 16.8 Å². The highest BCUT2D eigenvalue weighted by Crippen LogP contribution is 2.11. The summed E-state index contributed by atoms with van der Waals surface area (Å²) in [5.41, 5.74) is 7.07. The van der Waals surface area contributed by atoms with Crippen molar-refractivity contribution in [3.05, 3.63) is 65.2 Å². The number of nitrogens with zero attached hydrogens (tertiary/aromatic N) is 1. The zero-order valence-corrected chi connectivity index (χ0v) is 11.0. The van der Waals surface area contributed by atoms with E-state index in [1.807, 2.05) is 18.2 Å². The quantitative estimate of drug-likeness (QED) is 0.482. The van der Waals surface area contributed by atoms with Gasteiger partial charge in [0.15, 0.2) is 0 Å². The minimum Gasteiger partial charge on any atom is -0.384 e. The molecule has 1 aromatic heterocycles. The second-order valence-electron chi connectivity index (χ2n) is 4.34. The number of nitrogens with one attached hydrogen (secondary N) is 1. The van der Waals surface area contributed by atoms with Gasteiger partial charge >= 0.3 is 0 Å². The number of pyridine rings is 1. The monoisotopic (exact) mass is 273 g/mol. The molecular weight excluding hydrogens is 257 g/mol.